The minimum Gasteiger partial charge on any atom is -0.369 e. The van der Waals surface area contributed by atoms with Crippen molar-refractivity contribution < 1.29 is 8.42 Å². The number of benzene rings is 2. The zero-order valence-corrected chi connectivity index (χ0v) is 15.7. The van der Waals surface area contributed by atoms with Gasteiger partial charge in [-0.3, -0.25) is 4.72 Å². The number of piperidine rings is 1. The molecule has 5 heteroatoms. The highest BCUT2D eigenvalue weighted by molar-refractivity contribution is 7.92. The number of hydrogen-bond donors (Lipinski definition) is 1. The Balaban J connectivity index is 1.76. The number of anilines is 2. The fraction of sp³-hybridized carbons (Fsp3) is 0.400. The summed E-state index contributed by atoms with van der Waals surface area (Å²) in [6, 6.07) is 15.3. The molecule has 1 aliphatic heterocycles. The van der Waals surface area contributed by atoms with E-state index in [9.17, 15) is 8.42 Å². The van der Waals surface area contributed by atoms with E-state index in [0.29, 0.717) is 16.6 Å². The van der Waals surface area contributed by atoms with Crippen LogP contribution in [0.1, 0.15) is 38.2 Å². The van der Waals surface area contributed by atoms with Crippen molar-refractivity contribution in [2.45, 2.75) is 50.5 Å². The number of nitrogens with zero attached hydrogens (tertiary/aromatic N) is 1. The fourth-order valence-corrected chi connectivity index (χ4v) is 4.65. The fourth-order valence-electron chi connectivity index (χ4n) is 3.48. The molecule has 0 saturated carbocycles. The summed E-state index contributed by atoms with van der Waals surface area (Å²) in [5.41, 5.74) is 2.69. The second kappa shape index (κ2) is 7.48. The third kappa shape index (κ3) is 4.15. The molecule has 1 unspecified atom stereocenters. The SMILES string of the molecule is CCC1CCCCN1c1ccc(NS(=O)(=O)c2cccc(C)c2)cc1. The highest BCUT2D eigenvalue weighted by Gasteiger charge is 2.21. The van der Waals surface area contributed by atoms with Crippen LogP contribution in [-0.4, -0.2) is 21.0 Å². The summed E-state index contributed by atoms with van der Waals surface area (Å²) in [4.78, 5) is 2.74. The van der Waals surface area contributed by atoms with Gasteiger partial charge in [-0.1, -0.05) is 19.1 Å². The van der Waals surface area contributed by atoms with Gasteiger partial charge in [-0.05, 0) is 74.6 Å². The Morgan fingerprint density at radius 3 is 2.56 bits per heavy atom. The third-order valence-corrected chi connectivity index (χ3v) is 6.23. The van der Waals surface area contributed by atoms with Crippen molar-refractivity contribution >= 4 is 21.4 Å². The Kier molecular flexibility index (Phi) is 5.33. The number of nitrogens with one attached hydrogen (secondary N) is 1. The largest absolute Gasteiger partial charge is 0.369 e. The van der Waals surface area contributed by atoms with Crippen LogP contribution in [0.5, 0.6) is 0 Å². The molecule has 1 saturated heterocycles. The van der Waals surface area contributed by atoms with Gasteiger partial charge in [-0.2, -0.15) is 0 Å². The molecule has 1 fully saturated rings. The Morgan fingerprint density at radius 1 is 1.12 bits per heavy atom. The van der Waals surface area contributed by atoms with Gasteiger partial charge in [0, 0.05) is 24.0 Å². The van der Waals surface area contributed by atoms with E-state index in [1.807, 2.05) is 37.3 Å². The third-order valence-electron chi connectivity index (χ3n) is 4.85. The monoisotopic (exact) mass is 358 g/mol. The lowest BCUT2D eigenvalue weighted by Gasteiger charge is -2.37. The van der Waals surface area contributed by atoms with Crippen molar-refractivity contribution in [1.29, 1.82) is 0 Å². The highest BCUT2D eigenvalue weighted by Crippen LogP contribution is 2.28. The Labute approximate surface area is 150 Å². The minimum absolute atomic E-state index is 0.290. The normalized spacial score (nSPS) is 18.2. The molecule has 1 aliphatic rings. The molecule has 4 nitrogen and oxygen atoms in total. The van der Waals surface area contributed by atoms with Crippen LogP contribution < -0.4 is 9.62 Å². The summed E-state index contributed by atoms with van der Waals surface area (Å²) in [5.74, 6) is 0. The quantitative estimate of drug-likeness (QED) is 0.852. The summed E-state index contributed by atoms with van der Waals surface area (Å²) in [6.45, 7) is 5.19. The lowest BCUT2D eigenvalue weighted by atomic mass is 9.99. The van der Waals surface area contributed by atoms with Crippen molar-refractivity contribution in [1.82, 2.24) is 0 Å². The smallest absolute Gasteiger partial charge is 0.261 e. The van der Waals surface area contributed by atoms with E-state index >= 15 is 0 Å². The predicted molar refractivity (Wildman–Crippen MR) is 104 cm³/mol. The second-order valence-electron chi connectivity index (χ2n) is 6.72. The summed E-state index contributed by atoms with van der Waals surface area (Å²) in [6.07, 6.45) is 4.89. The zero-order chi connectivity index (χ0) is 17.9. The van der Waals surface area contributed by atoms with Gasteiger partial charge in [-0.15, -0.1) is 0 Å². The van der Waals surface area contributed by atoms with E-state index in [0.717, 1.165) is 18.5 Å². The number of rotatable bonds is 5. The molecule has 2 aromatic carbocycles. The van der Waals surface area contributed by atoms with Gasteiger partial charge in [0.1, 0.15) is 0 Å². The van der Waals surface area contributed by atoms with Gasteiger partial charge in [0.15, 0.2) is 0 Å². The molecule has 2 aromatic rings. The molecule has 0 aliphatic carbocycles. The van der Waals surface area contributed by atoms with E-state index in [1.165, 1.54) is 24.9 Å². The van der Waals surface area contributed by atoms with Crippen molar-refractivity contribution in [3.63, 3.8) is 0 Å². The topological polar surface area (TPSA) is 49.4 Å². The van der Waals surface area contributed by atoms with Crippen molar-refractivity contribution in [2.75, 3.05) is 16.2 Å². The molecule has 0 amide bonds. The Morgan fingerprint density at radius 2 is 1.88 bits per heavy atom. The molecule has 0 spiro atoms. The first kappa shape index (κ1) is 17.8. The maximum absolute atomic E-state index is 12.5. The maximum Gasteiger partial charge on any atom is 0.261 e. The van der Waals surface area contributed by atoms with E-state index in [2.05, 4.69) is 16.5 Å². The molecule has 134 valence electrons. The van der Waals surface area contributed by atoms with Crippen LogP contribution in [0.25, 0.3) is 0 Å². The van der Waals surface area contributed by atoms with Gasteiger partial charge in [-0.25, -0.2) is 8.42 Å². The number of hydrogen-bond acceptors (Lipinski definition) is 3. The van der Waals surface area contributed by atoms with E-state index in [4.69, 9.17) is 0 Å². The lowest BCUT2D eigenvalue weighted by Crippen LogP contribution is -2.39. The predicted octanol–water partition coefficient (Wildman–Crippen LogP) is 4.56. The summed E-state index contributed by atoms with van der Waals surface area (Å²) in [7, 11) is -3.55. The van der Waals surface area contributed by atoms with Crippen LogP contribution >= 0.6 is 0 Å². The van der Waals surface area contributed by atoms with Crippen LogP contribution in [0.15, 0.2) is 53.4 Å². The zero-order valence-electron chi connectivity index (χ0n) is 14.9. The average Bonchev–Trinajstić information content (AvgIpc) is 2.62. The Bertz CT molecular complexity index is 816. The average molecular weight is 359 g/mol. The summed E-state index contributed by atoms with van der Waals surface area (Å²) < 4.78 is 27.7. The van der Waals surface area contributed by atoms with Gasteiger partial charge < -0.3 is 4.90 Å². The van der Waals surface area contributed by atoms with Crippen LogP contribution in [-0.2, 0) is 10.0 Å². The molecular formula is C20H26N2O2S. The molecule has 3 rings (SSSR count). The van der Waals surface area contributed by atoms with Gasteiger partial charge in [0.25, 0.3) is 10.0 Å². The van der Waals surface area contributed by atoms with Crippen LogP contribution in [0.4, 0.5) is 11.4 Å². The summed E-state index contributed by atoms with van der Waals surface area (Å²) >= 11 is 0. The Hall–Kier alpha value is -2.01. The molecule has 0 radical (unpaired) electrons. The second-order valence-corrected chi connectivity index (χ2v) is 8.40. The van der Waals surface area contributed by atoms with Crippen molar-refractivity contribution in [3.8, 4) is 0 Å². The first-order valence-corrected chi connectivity index (χ1v) is 10.4. The van der Waals surface area contributed by atoms with Crippen molar-refractivity contribution in [2.24, 2.45) is 0 Å². The molecule has 25 heavy (non-hydrogen) atoms. The maximum atomic E-state index is 12.5. The van der Waals surface area contributed by atoms with Crippen molar-refractivity contribution in [3.05, 3.63) is 54.1 Å². The van der Waals surface area contributed by atoms with E-state index in [1.54, 1.807) is 18.2 Å². The molecule has 1 heterocycles. The molecule has 0 bridgehead atoms. The summed E-state index contributed by atoms with van der Waals surface area (Å²) in [5, 5.41) is 0. The minimum atomic E-state index is -3.55. The standard InChI is InChI=1S/C20H26N2O2S/c1-3-18-8-4-5-14-22(18)19-12-10-17(11-13-19)21-25(23,24)20-9-6-7-16(2)15-20/h6-7,9-13,15,18,21H,3-5,8,14H2,1-2H3. The van der Waals surface area contributed by atoms with Gasteiger partial charge in [0.2, 0.25) is 0 Å². The highest BCUT2D eigenvalue weighted by atomic mass is 32.2. The molecular weight excluding hydrogens is 332 g/mol. The van der Waals surface area contributed by atoms with Crippen LogP contribution in [0, 0.1) is 6.92 Å². The number of aryl methyl sites for hydroxylation is 1. The number of sulfonamides is 1. The first-order valence-electron chi connectivity index (χ1n) is 8.96. The lowest BCUT2D eigenvalue weighted by molar-refractivity contribution is 0.450. The molecule has 0 aromatic heterocycles. The van der Waals surface area contributed by atoms with E-state index < -0.39 is 10.0 Å². The molecule has 1 atom stereocenters. The van der Waals surface area contributed by atoms with Crippen LogP contribution in [0.2, 0.25) is 0 Å². The van der Waals surface area contributed by atoms with Crippen LogP contribution in [0.3, 0.4) is 0 Å². The first-order chi connectivity index (χ1) is 12.0. The van der Waals surface area contributed by atoms with Gasteiger partial charge >= 0.3 is 0 Å². The van der Waals surface area contributed by atoms with E-state index in [-0.39, 0.29) is 0 Å². The molecule has 1 N–H and O–H groups in total. The van der Waals surface area contributed by atoms with Gasteiger partial charge in [0.05, 0.1) is 4.90 Å².